The largest absolute Gasteiger partial charge is 0.417 e. The Kier molecular flexibility index (Phi) is 10.1. The van der Waals surface area contributed by atoms with Gasteiger partial charge >= 0.3 is 0 Å². The summed E-state index contributed by atoms with van der Waals surface area (Å²) in [4.78, 5) is 0. The Morgan fingerprint density at radius 2 is 1.55 bits per heavy atom. The zero-order chi connectivity index (χ0) is 30.2. The molecule has 4 fully saturated rings. The van der Waals surface area contributed by atoms with Crippen molar-refractivity contribution in [3.63, 3.8) is 0 Å². The maximum atomic E-state index is 12.1. The van der Waals surface area contributed by atoms with Crippen LogP contribution < -0.4 is 0 Å². The molecule has 1 aliphatic heterocycles. The first-order valence-electron chi connectivity index (χ1n) is 17.9. The SMILES string of the molecule is CC(C)(C)[Si](C)(C)OCCCCCCCCCC[C@H]1C[C@]2(C)[C@@H](O)CC[C@H]2[C@@H]2CC[C@@]3(O)CC4(CCC3=C12)OCCO4. The summed E-state index contributed by atoms with van der Waals surface area (Å²) in [7, 11) is -1.60. The van der Waals surface area contributed by atoms with Crippen LogP contribution in [0.1, 0.15) is 137 Å². The highest BCUT2D eigenvalue weighted by Gasteiger charge is 2.60. The number of unbranched alkanes of at least 4 members (excludes halogenated alkanes) is 7. The van der Waals surface area contributed by atoms with E-state index in [2.05, 4.69) is 40.8 Å². The molecule has 3 saturated carbocycles. The molecule has 42 heavy (non-hydrogen) atoms. The summed E-state index contributed by atoms with van der Waals surface area (Å²) < 4.78 is 18.5. The van der Waals surface area contributed by atoms with E-state index < -0.39 is 19.7 Å². The van der Waals surface area contributed by atoms with Crippen LogP contribution in [0.4, 0.5) is 0 Å². The summed E-state index contributed by atoms with van der Waals surface area (Å²) in [6.07, 6.45) is 18.9. The number of fused-ring (bicyclic) bond motifs is 4. The molecule has 5 rings (SSSR count). The summed E-state index contributed by atoms with van der Waals surface area (Å²) >= 11 is 0. The number of ether oxygens (including phenoxy) is 2. The van der Waals surface area contributed by atoms with Crippen LogP contribution in [-0.2, 0) is 13.9 Å². The molecule has 0 bridgehead atoms. The van der Waals surface area contributed by atoms with Crippen molar-refractivity contribution in [1.82, 2.24) is 0 Å². The molecule has 5 aliphatic rings. The fraction of sp³-hybridized carbons (Fsp3) is 0.944. The van der Waals surface area contributed by atoms with Gasteiger partial charge in [-0.2, -0.15) is 0 Å². The Morgan fingerprint density at radius 3 is 2.21 bits per heavy atom. The van der Waals surface area contributed by atoms with Gasteiger partial charge in [0.2, 0.25) is 0 Å². The second-order valence-electron chi connectivity index (χ2n) is 16.7. The van der Waals surface area contributed by atoms with Gasteiger partial charge in [-0.1, -0.05) is 78.2 Å². The number of hydrogen-bond acceptors (Lipinski definition) is 5. The van der Waals surface area contributed by atoms with Gasteiger partial charge in [-0.15, -0.1) is 0 Å². The van der Waals surface area contributed by atoms with Crippen molar-refractivity contribution < 1.29 is 24.1 Å². The molecule has 0 aromatic carbocycles. The van der Waals surface area contributed by atoms with Crippen LogP contribution >= 0.6 is 0 Å². The molecule has 4 aliphatic carbocycles. The van der Waals surface area contributed by atoms with Gasteiger partial charge in [0.25, 0.3) is 0 Å². The van der Waals surface area contributed by atoms with E-state index in [-0.39, 0.29) is 11.5 Å². The first-order chi connectivity index (χ1) is 19.8. The van der Waals surface area contributed by atoms with Crippen molar-refractivity contribution in [2.75, 3.05) is 19.8 Å². The molecule has 0 amide bonds. The van der Waals surface area contributed by atoms with Crippen molar-refractivity contribution in [2.45, 2.75) is 172 Å². The molecule has 6 heteroatoms. The first kappa shape index (κ1) is 33.1. The van der Waals surface area contributed by atoms with Crippen LogP contribution in [0.3, 0.4) is 0 Å². The molecular weight excluding hydrogens is 540 g/mol. The lowest BCUT2D eigenvalue weighted by molar-refractivity contribution is -0.208. The van der Waals surface area contributed by atoms with Crippen LogP contribution in [0.25, 0.3) is 0 Å². The Morgan fingerprint density at radius 1 is 0.905 bits per heavy atom. The topological polar surface area (TPSA) is 68.2 Å². The molecule has 6 atom stereocenters. The highest BCUT2D eigenvalue weighted by molar-refractivity contribution is 6.74. The monoisotopic (exact) mass is 604 g/mol. The molecule has 0 aromatic rings. The van der Waals surface area contributed by atoms with Crippen LogP contribution in [0.5, 0.6) is 0 Å². The summed E-state index contributed by atoms with van der Waals surface area (Å²) in [5, 5.41) is 23.5. The van der Waals surface area contributed by atoms with Crippen LogP contribution in [0.2, 0.25) is 18.1 Å². The second-order valence-corrected chi connectivity index (χ2v) is 21.5. The van der Waals surface area contributed by atoms with Gasteiger partial charge in [0.1, 0.15) is 0 Å². The molecule has 5 nitrogen and oxygen atoms in total. The van der Waals surface area contributed by atoms with Crippen molar-refractivity contribution in [2.24, 2.45) is 23.2 Å². The summed E-state index contributed by atoms with van der Waals surface area (Å²) in [5.74, 6) is 1.05. The molecule has 1 spiro atoms. The van der Waals surface area contributed by atoms with E-state index in [1.165, 1.54) is 63.4 Å². The fourth-order valence-corrected chi connectivity index (χ4v) is 10.6. The van der Waals surface area contributed by atoms with Crippen LogP contribution in [0.15, 0.2) is 11.1 Å². The lowest BCUT2D eigenvalue weighted by atomic mass is 9.51. The molecule has 0 aromatic heterocycles. The number of allylic oxidation sites excluding steroid dienone is 1. The van der Waals surface area contributed by atoms with Gasteiger partial charge in [0.05, 0.1) is 24.9 Å². The Labute approximate surface area is 258 Å². The standard InChI is InChI=1S/C36H64O5Si/c1-33(2,3)42(5,6)41-22-14-12-10-8-7-9-11-13-15-27-25-34(4)29(16-17-31(34)37)28-18-20-35(38)26-36(39-23-24-40-36)21-19-30(35)32(27)28/h27-29,31,37-38H,7-26H2,1-6H3/t27-,28-,29-,31-,34-,35+/m0/s1. The fourth-order valence-electron chi connectivity index (χ4n) is 9.51. The van der Waals surface area contributed by atoms with E-state index in [1.807, 2.05) is 0 Å². The number of rotatable bonds is 12. The lowest BCUT2D eigenvalue weighted by Crippen LogP contribution is -2.54. The van der Waals surface area contributed by atoms with Gasteiger partial charge in [-0.3, -0.25) is 0 Å². The number of hydrogen-bond donors (Lipinski definition) is 2. The first-order valence-corrected chi connectivity index (χ1v) is 20.8. The average molecular weight is 605 g/mol. The minimum Gasteiger partial charge on any atom is -0.417 e. The summed E-state index contributed by atoms with van der Waals surface area (Å²) in [5.41, 5.74) is 2.24. The molecular formula is C36H64O5Si. The zero-order valence-electron chi connectivity index (χ0n) is 28.1. The van der Waals surface area contributed by atoms with Gasteiger partial charge in [-0.05, 0) is 98.2 Å². The van der Waals surface area contributed by atoms with Gasteiger partial charge in [0.15, 0.2) is 14.1 Å². The zero-order valence-corrected chi connectivity index (χ0v) is 29.1. The Hall–Kier alpha value is -0.243. The maximum absolute atomic E-state index is 12.1. The normalized spacial score (nSPS) is 36.3. The third-order valence-corrected chi connectivity index (χ3v) is 17.5. The van der Waals surface area contributed by atoms with E-state index in [1.54, 1.807) is 5.57 Å². The van der Waals surface area contributed by atoms with Crippen LogP contribution in [-0.4, -0.2) is 55.8 Å². The minimum atomic E-state index is -1.60. The molecule has 1 saturated heterocycles. The molecule has 0 radical (unpaired) electrons. The van der Waals surface area contributed by atoms with Crippen molar-refractivity contribution in [3.8, 4) is 0 Å². The van der Waals surface area contributed by atoms with E-state index in [0.29, 0.717) is 42.4 Å². The number of aliphatic hydroxyl groups is 2. The molecule has 0 unspecified atom stereocenters. The Bertz CT molecular complexity index is 949. The Balaban J connectivity index is 1.11. The highest BCUT2D eigenvalue weighted by atomic mass is 28.4. The average Bonchev–Trinajstić information content (AvgIpc) is 3.48. The van der Waals surface area contributed by atoms with Crippen molar-refractivity contribution in [3.05, 3.63) is 11.1 Å². The number of aliphatic hydroxyl groups excluding tert-OH is 1. The highest BCUT2D eigenvalue weighted by Crippen LogP contribution is 2.64. The van der Waals surface area contributed by atoms with Crippen molar-refractivity contribution in [1.29, 1.82) is 0 Å². The summed E-state index contributed by atoms with van der Waals surface area (Å²) in [6.45, 7) is 16.3. The third-order valence-electron chi connectivity index (χ3n) is 13.0. The van der Waals surface area contributed by atoms with Crippen LogP contribution in [0, 0.1) is 23.2 Å². The molecule has 2 N–H and O–H groups in total. The van der Waals surface area contributed by atoms with Gasteiger partial charge in [-0.25, -0.2) is 0 Å². The van der Waals surface area contributed by atoms with E-state index in [0.717, 1.165) is 51.6 Å². The maximum Gasteiger partial charge on any atom is 0.191 e. The predicted molar refractivity (Wildman–Crippen MR) is 173 cm³/mol. The minimum absolute atomic E-state index is 0.0384. The predicted octanol–water partition coefficient (Wildman–Crippen LogP) is 8.68. The molecule has 1 heterocycles. The summed E-state index contributed by atoms with van der Waals surface area (Å²) in [6, 6.07) is 0. The van der Waals surface area contributed by atoms with E-state index >= 15 is 0 Å². The smallest absolute Gasteiger partial charge is 0.191 e. The van der Waals surface area contributed by atoms with Crippen molar-refractivity contribution >= 4 is 8.32 Å². The lowest BCUT2D eigenvalue weighted by Gasteiger charge is -2.56. The quantitative estimate of drug-likeness (QED) is 0.133. The van der Waals surface area contributed by atoms with Gasteiger partial charge < -0.3 is 24.1 Å². The van der Waals surface area contributed by atoms with E-state index in [4.69, 9.17) is 13.9 Å². The van der Waals surface area contributed by atoms with Gasteiger partial charge in [0, 0.05) is 19.4 Å². The second kappa shape index (κ2) is 12.9. The molecule has 242 valence electrons. The third kappa shape index (κ3) is 6.65. The van der Waals surface area contributed by atoms with E-state index in [9.17, 15) is 10.2 Å².